The molecule has 4 rings (SSSR count). The maximum atomic E-state index is 12.9. The normalized spacial score (nSPS) is 19.4. The summed E-state index contributed by atoms with van der Waals surface area (Å²) < 4.78 is 3.87. The molecule has 1 aliphatic heterocycles. The van der Waals surface area contributed by atoms with Gasteiger partial charge < -0.3 is 15.2 Å². The molecule has 2 amide bonds. The number of likely N-dealkylation sites (tertiary alicyclic amines) is 1. The molecule has 3 heterocycles. The van der Waals surface area contributed by atoms with Crippen molar-refractivity contribution in [3.63, 3.8) is 0 Å². The van der Waals surface area contributed by atoms with E-state index in [2.05, 4.69) is 32.0 Å². The molecule has 0 unspecified atom stereocenters. The molecule has 1 aliphatic rings. The van der Waals surface area contributed by atoms with Crippen molar-refractivity contribution in [1.82, 2.24) is 24.8 Å². The van der Waals surface area contributed by atoms with Crippen LogP contribution in [0.3, 0.4) is 0 Å². The van der Waals surface area contributed by atoms with Crippen molar-refractivity contribution >= 4 is 23.3 Å². The Balaban J connectivity index is 1.57. The summed E-state index contributed by atoms with van der Waals surface area (Å²) in [5.74, 6) is -0.0937. The zero-order valence-corrected chi connectivity index (χ0v) is 16.3. The van der Waals surface area contributed by atoms with E-state index in [1.165, 1.54) is 5.56 Å². The first-order valence-electron chi connectivity index (χ1n) is 9.21. The molecule has 28 heavy (non-hydrogen) atoms. The first-order valence-corrected chi connectivity index (χ1v) is 9.98. The van der Waals surface area contributed by atoms with Gasteiger partial charge in [0.1, 0.15) is 10.6 Å². The van der Waals surface area contributed by atoms with Crippen molar-refractivity contribution in [1.29, 1.82) is 0 Å². The molecule has 1 fully saturated rings. The average molecular weight is 395 g/mol. The second kappa shape index (κ2) is 7.93. The number of nitrogens with one attached hydrogen (secondary N) is 2. The number of hydrogen-bond donors (Lipinski definition) is 2. The molecule has 2 atom stereocenters. The fraction of sp³-hybridized carbons (Fsp3) is 0.300. The van der Waals surface area contributed by atoms with E-state index in [-0.39, 0.29) is 23.8 Å². The third-order valence-electron chi connectivity index (χ3n) is 5.13. The van der Waals surface area contributed by atoms with Gasteiger partial charge in [0.2, 0.25) is 0 Å². The number of hydrogen-bond acceptors (Lipinski definition) is 5. The highest BCUT2D eigenvalue weighted by atomic mass is 32.1. The van der Waals surface area contributed by atoms with E-state index in [1.54, 1.807) is 30.2 Å². The SMILES string of the molecule is Cc1nnsc1C(=O)N1CC[C@@H](c2ccccc2)[C@H](NC(=O)c2ccc[nH]2)C1. The maximum Gasteiger partial charge on any atom is 0.267 e. The molecular formula is C20H21N5O2S. The van der Waals surface area contributed by atoms with Crippen molar-refractivity contribution in [2.75, 3.05) is 13.1 Å². The fourth-order valence-electron chi connectivity index (χ4n) is 3.67. The highest BCUT2D eigenvalue weighted by Crippen LogP contribution is 2.30. The van der Waals surface area contributed by atoms with Gasteiger partial charge >= 0.3 is 0 Å². The van der Waals surface area contributed by atoms with Gasteiger partial charge in [0, 0.05) is 25.2 Å². The predicted octanol–water partition coefficient (Wildman–Crippen LogP) is 2.60. The number of benzene rings is 1. The van der Waals surface area contributed by atoms with Gasteiger partial charge in [-0.2, -0.15) is 0 Å². The molecule has 0 radical (unpaired) electrons. The molecule has 0 aliphatic carbocycles. The summed E-state index contributed by atoms with van der Waals surface area (Å²) in [6, 6.07) is 13.5. The lowest BCUT2D eigenvalue weighted by atomic mass is 9.85. The zero-order valence-electron chi connectivity index (χ0n) is 15.5. The van der Waals surface area contributed by atoms with Crippen molar-refractivity contribution in [2.24, 2.45) is 0 Å². The molecule has 3 aromatic rings. The van der Waals surface area contributed by atoms with E-state index < -0.39 is 0 Å². The first-order chi connectivity index (χ1) is 13.6. The Morgan fingerprint density at radius 1 is 1.21 bits per heavy atom. The number of amides is 2. The van der Waals surface area contributed by atoms with Gasteiger partial charge in [0.25, 0.3) is 11.8 Å². The molecule has 1 aromatic carbocycles. The van der Waals surface area contributed by atoms with Gasteiger partial charge in [0.15, 0.2) is 0 Å². The molecule has 7 nitrogen and oxygen atoms in total. The smallest absolute Gasteiger partial charge is 0.267 e. The maximum absolute atomic E-state index is 12.9. The first kappa shape index (κ1) is 18.4. The molecule has 8 heteroatoms. The van der Waals surface area contributed by atoms with E-state index in [4.69, 9.17) is 0 Å². The Hall–Kier alpha value is -3.00. The van der Waals surface area contributed by atoms with E-state index >= 15 is 0 Å². The fourth-order valence-corrected chi connectivity index (χ4v) is 4.30. The summed E-state index contributed by atoms with van der Waals surface area (Å²) in [5, 5.41) is 7.07. The van der Waals surface area contributed by atoms with Crippen molar-refractivity contribution in [2.45, 2.75) is 25.3 Å². The van der Waals surface area contributed by atoms with Crippen LogP contribution in [0, 0.1) is 6.92 Å². The average Bonchev–Trinajstić information content (AvgIpc) is 3.40. The van der Waals surface area contributed by atoms with E-state index in [1.807, 2.05) is 18.2 Å². The Morgan fingerprint density at radius 2 is 2.04 bits per heavy atom. The van der Waals surface area contributed by atoms with Gasteiger partial charge in [-0.05, 0) is 42.6 Å². The van der Waals surface area contributed by atoms with Gasteiger partial charge in [-0.15, -0.1) is 5.10 Å². The van der Waals surface area contributed by atoms with Crippen LogP contribution < -0.4 is 5.32 Å². The van der Waals surface area contributed by atoms with Crippen LogP contribution >= 0.6 is 11.5 Å². The summed E-state index contributed by atoms with van der Waals surface area (Å²) >= 11 is 1.12. The lowest BCUT2D eigenvalue weighted by Crippen LogP contribution is -2.53. The van der Waals surface area contributed by atoms with Crippen LogP contribution in [0.2, 0.25) is 0 Å². The van der Waals surface area contributed by atoms with Crippen LogP contribution in [-0.2, 0) is 0 Å². The van der Waals surface area contributed by atoms with Crippen LogP contribution in [0.1, 0.15) is 43.8 Å². The molecule has 2 aromatic heterocycles. The quantitative estimate of drug-likeness (QED) is 0.710. The molecule has 0 bridgehead atoms. The third-order valence-corrected chi connectivity index (χ3v) is 5.95. The minimum atomic E-state index is -0.183. The number of aromatic nitrogens is 3. The summed E-state index contributed by atoms with van der Waals surface area (Å²) in [6.07, 6.45) is 2.50. The van der Waals surface area contributed by atoms with Crippen molar-refractivity contribution in [3.05, 3.63) is 70.5 Å². The topological polar surface area (TPSA) is 91.0 Å². The standard InChI is InChI=1S/C20H21N5O2S/c1-13-18(28-24-23-13)20(27)25-11-9-15(14-6-3-2-4-7-14)17(12-25)22-19(26)16-8-5-10-21-16/h2-8,10,15,17,21H,9,11-12H2,1H3,(H,22,26)/t15-,17+/m0/s1. The third kappa shape index (κ3) is 3.68. The highest BCUT2D eigenvalue weighted by molar-refractivity contribution is 7.07. The van der Waals surface area contributed by atoms with E-state index in [9.17, 15) is 9.59 Å². The van der Waals surface area contributed by atoms with Gasteiger partial charge in [-0.25, -0.2) is 0 Å². The molecule has 0 spiro atoms. The molecule has 2 N–H and O–H groups in total. The Morgan fingerprint density at radius 3 is 2.71 bits per heavy atom. The molecule has 1 saturated heterocycles. The number of aromatic amines is 1. The lowest BCUT2D eigenvalue weighted by Gasteiger charge is -2.39. The van der Waals surface area contributed by atoms with E-state index in [0.29, 0.717) is 29.4 Å². The Bertz CT molecular complexity index is 954. The van der Waals surface area contributed by atoms with Crippen molar-refractivity contribution in [3.8, 4) is 0 Å². The predicted molar refractivity (Wildman–Crippen MR) is 106 cm³/mol. The lowest BCUT2D eigenvalue weighted by molar-refractivity contribution is 0.0658. The summed E-state index contributed by atoms with van der Waals surface area (Å²) in [4.78, 5) is 30.9. The van der Waals surface area contributed by atoms with Crippen LogP contribution in [-0.4, -0.2) is 50.4 Å². The number of rotatable bonds is 4. The zero-order chi connectivity index (χ0) is 19.5. The second-order valence-corrected chi connectivity index (χ2v) is 7.66. The van der Waals surface area contributed by atoms with E-state index in [0.717, 1.165) is 18.0 Å². The van der Waals surface area contributed by atoms with Gasteiger partial charge in [-0.1, -0.05) is 34.8 Å². The van der Waals surface area contributed by atoms with Gasteiger partial charge in [-0.3, -0.25) is 9.59 Å². The highest BCUT2D eigenvalue weighted by Gasteiger charge is 2.35. The number of carbonyl (C=O) groups excluding carboxylic acids is 2. The van der Waals surface area contributed by atoms with Crippen LogP contribution in [0.15, 0.2) is 48.7 Å². The Labute approximate surface area is 166 Å². The minimum absolute atomic E-state index is 0.0712. The Kier molecular flexibility index (Phi) is 5.21. The second-order valence-electron chi connectivity index (χ2n) is 6.91. The van der Waals surface area contributed by atoms with Gasteiger partial charge in [0.05, 0.1) is 11.7 Å². The largest absolute Gasteiger partial charge is 0.357 e. The summed E-state index contributed by atoms with van der Waals surface area (Å²) in [7, 11) is 0. The monoisotopic (exact) mass is 395 g/mol. The number of aryl methyl sites for hydroxylation is 1. The minimum Gasteiger partial charge on any atom is -0.357 e. The number of carbonyl (C=O) groups is 2. The number of nitrogens with zero attached hydrogens (tertiary/aromatic N) is 3. The summed E-state index contributed by atoms with van der Waals surface area (Å²) in [5.41, 5.74) is 2.33. The number of H-pyrrole nitrogens is 1. The van der Waals surface area contributed by atoms with Crippen molar-refractivity contribution < 1.29 is 9.59 Å². The number of piperidine rings is 1. The molecular weight excluding hydrogens is 374 g/mol. The van der Waals surface area contributed by atoms with Crippen LogP contribution in [0.5, 0.6) is 0 Å². The molecule has 0 saturated carbocycles. The molecule has 144 valence electrons. The summed E-state index contributed by atoms with van der Waals surface area (Å²) in [6.45, 7) is 2.87. The van der Waals surface area contributed by atoms with Crippen LogP contribution in [0.4, 0.5) is 0 Å². The van der Waals surface area contributed by atoms with Crippen LogP contribution in [0.25, 0.3) is 0 Å².